The normalized spacial score (nSPS) is 12.1. The second-order valence-electron chi connectivity index (χ2n) is 8.64. The van der Waals surface area contributed by atoms with Crippen LogP contribution in [0.2, 0.25) is 0 Å². The van der Waals surface area contributed by atoms with Gasteiger partial charge in [-0.05, 0) is 30.4 Å². The van der Waals surface area contributed by atoms with Gasteiger partial charge >= 0.3 is 0 Å². The van der Waals surface area contributed by atoms with E-state index in [-0.39, 0.29) is 12.0 Å². The van der Waals surface area contributed by atoms with E-state index >= 15 is 0 Å². The van der Waals surface area contributed by atoms with Crippen molar-refractivity contribution in [3.63, 3.8) is 0 Å². The summed E-state index contributed by atoms with van der Waals surface area (Å²) in [7, 11) is 0. The lowest BCUT2D eigenvalue weighted by Gasteiger charge is -2.07. The van der Waals surface area contributed by atoms with Crippen molar-refractivity contribution in [2.75, 3.05) is 0 Å². The van der Waals surface area contributed by atoms with Crippen LogP contribution in [-0.2, 0) is 17.9 Å². The average molecular weight is 419 g/mol. The van der Waals surface area contributed by atoms with E-state index in [1.165, 1.54) is 64.2 Å². The van der Waals surface area contributed by atoms with E-state index in [1.807, 2.05) is 31.2 Å². The van der Waals surface area contributed by atoms with Gasteiger partial charge in [-0.15, -0.1) is 0 Å². The first-order chi connectivity index (χ1) is 14.7. The Labute approximate surface area is 185 Å². The number of hydrogen-bond acceptors (Lipinski definition) is 3. The van der Waals surface area contributed by atoms with Crippen LogP contribution in [0.3, 0.4) is 0 Å². The smallest absolute Gasteiger partial charge is 0.220 e. The summed E-state index contributed by atoms with van der Waals surface area (Å²) < 4.78 is 0. The molecule has 1 rings (SSSR count). The fraction of sp³-hybridized carbons (Fsp3) is 0.731. The topological polar surface area (TPSA) is 75.3 Å². The molecule has 1 unspecified atom stereocenters. The SMILES string of the molecule is CCC(O)CCCCCCCCCCCCCCC(=O)NCc1ccc(CN)cc1. The standard InChI is InChI=1S/C26H46N2O2/c1-2-25(29)15-13-11-9-7-5-3-4-6-8-10-12-14-16-26(30)28-22-24-19-17-23(21-27)18-20-24/h17-20,25,29H,2-16,21-22,27H2,1H3,(H,28,30). The van der Waals surface area contributed by atoms with E-state index in [0.29, 0.717) is 19.5 Å². The molecule has 0 aliphatic carbocycles. The fourth-order valence-electron chi connectivity index (χ4n) is 3.72. The lowest BCUT2D eigenvalue weighted by molar-refractivity contribution is -0.121. The molecule has 0 aliphatic rings. The number of amides is 1. The van der Waals surface area contributed by atoms with Crippen molar-refractivity contribution in [3.05, 3.63) is 35.4 Å². The molecule has 0 fully saturated rings. The average Bonchev–Trinajstić information content (AvgIpc) is 2.77. The second kappa shape index (κ2) is 18.4. The van der Waals surface area contributed by atoms with Crippen LogP contribution in [0.4, 0.5) is 0 Å². The van der Waals surface area contributed by atoms with Crippen LogP contribution < -0.4 is 11.1 Å². The van der Waals surface area contributed by atoms with E-state index in [2.05, 4.69) is 5.32 Å². The molecule has 1 aromatic rings. The third-order valence-electron chi connectivity index (χ3n) is 5.91. The van der Waals surface area contributed by atoms with Crippen molar-refractivity contribution in [2.24, 2.45) is 5.73 Å². The number of carbonyl (C=O) groups is 1. The van der Waals surface area contributed by atoms with Crippen LogP contribution in [0.25, 0.3) is 0 Å². The van der Waals surface area contributed by atoms with E-state index in [0.717, 1.165) is 36.8 Å². The van der Waals surface area contributed by atoms with Gasteiger partial charge in [0.05, 0.1) is 6.10 Å². The summed E-state index contributed by atoms with van der Waals surface area (Å²) in [4.78, 5) is 11.9. The largest absolute Gasteiger partial charge is 0.393 e. The predicted octanol–water partition coefficient (Wildman–Crippen LogP) is 5.99. The maximum atomic E-state index is 11.9. The summed E-state index contributed by atoms with van der Waals surface area (Å²) in [6.07, 6.45) is 17.6. The molecule has 4 nitrogen and oxygen atoms in total. The second-order valence-corrected chi connectivity index (χ2v) is 8.64. The van der Waals surface area contributed by atoms with Gasteiger partial charge in [0.15, 0.2) is 0 Å². The van der Waals surface area contributed by atoms with Gasteiger partial charge in [-0.25, -0.2) is 0 Å². The van der Waals surface area contributed by atoms with Gasteiger partial charge in [0, 0.05) is 19.5 Å². The highest BCUT2D eigenvalue weighted by molar-refractivity contribution is 5.75. The Morgan fingerprint density at radius 1 is 0.833 bits per heavy atom. The predicted molar refractivity (Wildman–Crippen MR) is 127 cm³/mol. The third-order valence-corrected chi connectivity index (χ3v) is 5.91. The van der Waals surface area contributed by atoms with Gasteiger partial charge in [0.25, 0.3) is 0 Å². The molecular weight excluding hydrogens is 372 g/mol. The fourth-order valence-corrected chi connectivity index (χ4v) is 3.72. The zero-order valence-corrected chi connectivity index (χ0v) is 19.3. The molecule has 1 atom stereocenters. The Kier molecular flexibility index (Phi) is 16.3. The summed E-state index contributed by atoms with van der Waals surface area (Å²) in [5.74, 6) is 0.155. The minimum atomic E-state index is -0.0842. The highest BCUT2D eigenvalue weighted by Gasteiger charge is 2.02. The number of unbranched alkanes of at least 4 members (excludes halogenated alkanes) is 11. The molecule has 0 saturated carbocycles. The third kappa shape index (κ3) is 14.6. The van der Waals surface area contributed by atoms with Crippen molar-refractivity contribution in [3.8, 4) is 0 Å². The molecule has 0 bridgehead atoms. The first kappa shape index (κ1) is 26.6. The Hall–Kier alpha value is -1.39. The molecule has 0 aliphatic heterocycles. The Morgan fingerprint density at radius 3 is 1.80 bits per heavy atom. The van der Waals surface area contributed by atoms with E-state index in [1.54, 1.807) is 0 Å². The van der Waals surface area contributed by atoms with Crippen molar-refractivity contribution in [1.29, 1.82) is 0 Å². The number of nitrogens with two attached hydrogens (primary N) is 1. The highest BCUT2D eigenvalue weighted by atomic mass is 16.3. The Balaban J connectivity index is 1.83. The van der Waals surface area contributed by atoms with Crippen molar-refractivity contribution >= 4 is 5.91 Å². The molecule has 0 heterocycles. The molecule has 0 spiro atoms. The van der Waals surface area contributed by atoms with Gasteiger partial charge in [-0.3, -0.25) is 4.79 Å². The quantitative estimate of drug-likeness (QED) is 0.241. The first-order valence-electron chi connectivity index (χ1n) is 12.4. The summed E-state index contributed by atoms with van der Waals surface area (Å²) in [6.45, 7) is 3.20. The molecule has 30 heavy (non-hydrogen) atoms. The molecule has 4 N–H and O–H groups in total. The molecule has 4 heteroatoms. The zero-order valence-electron chi connectivity index (χ0n) is 19.3. The van der Waals surface area contributed by atoms with Gasteiger partial charge in [-0.1, -0.05) is 102 Å². The van der Waals surface area contributed by atoms with Gasteiger partial charge in [0.1, 0.15) is 0 Å². The monoisotopic (exact) mass is 418 g/mol. The summed E-state index contributed by atoms with van der Waals surface area (Å²) >= 11 is 0. The molecule has 0 aromatic heterocycles. The Morgan fingerprint density at radius 2 is 1.30 bits per heavy atom. The van der Waals surface area contributed by atoms with Crippen molar-refractivity contribution < 1.29 is 9.90 Å². The van der Waals surface area contributed by atoms with E-state index in [9.17, 15) is 9.90 Å². The molecule has 172 valence electrons. The highest BCUT2D eigenvalue weighted by Crippen LogP contribution is 2.14. The van der Waals surface area contributed by atoms with Gasteiger partial charge in [-0.2, -0.15) is 0 Å². The van der Waals surface area contributed by atoms with Crippen LogP contribution >= 0.6 is 0 Å². The van der Waals surface area contributed by atoms with E-state index in [4.69, 9.17) is 5.73 Å². The molecule has 0 radical (unpaired) electrons. The summed E-state index contributed by atoms with van der Waals surface area (Å²) in [6, 6.07) is 8.09. The number of rotatable bonds is 19. The van der Waals surface area contributed by atoms with Crippen molar-refractivity contribution in [1.82, 2.24) is 5.32 Å². The molecule has 1 amide bonds. The molecule has 1 aromatic carbocycles. The first-order valence-corrected chi connectivity index (χ1v) is 12.4. The number of benzene rings is 1. The number of aliphatic hydroxyl groups excluding tert-OH is 1. The van der Waals surface area contributed by atoms with Gasteiger partial charge < -0.3 is 16.2 Å². The Bertz CT molecular complexity index is 530. The van der Waals surface area contributed by atoms with Crippen LogP contribution in [-0.4, -0.2) is 17.1 Å². The number of aliphatic hydroxyl groups is 1. The lowest BCUT2D eigenvalue weighted by atomic mass is 10.0. The van der Waals surface area contributed by atoms with Crippen LogP contribution in [0, 0.1) is 0 Å². The zero-order chi connectivity index (χ0) is 21.9. The van der Waals surface area contributed by atoms with Crippen LogP contribution in [0.1, 0.15) is 114 Å². The van der Waals surface area contributed by atoms with Crippen LogP contribution in [0.15, 0.2) is 24.3 Å². The summed E-state index contributed by atoms with van der Waals surface area (Å²) in [5, 5.41) is 12.5. The maximum Gasteiger partial charge on any atom is 0.220 e. The minimum Gasteiger partial charge on any atom is -0.393 e. The summed E-state index contributed by atoms with van der Waals surface area (Å²) in [5.41, 5.74) is 7.83. The molecular formula is C26H46N2O2. The minimum absolute atomic E-state index is 0.0842. The van der Waals surface area contributed by atoms with Crippen LogP contribution in [0.5, 0.6) is 0 Å². The number of nitrogens with one attached hydrogen (secondary N) is 1. The lowest BCUT2D eigenvalue weighted by Crippen LogP contribution is -2.22. The maximum absolute atomic E-state index is 11.9. The number of carbonyl (C=O) groups excluding carboxylic acids is 1. The number of hydrogen-bond donors (Lipinski definition) is 3. The van der Waals surface area contributed by atoms with Crippen molar-refractivity contribution in [2.45, 2.75) is 122 Å². The van der Waals surface area contributed by atoms with E-state index < -0.39 is 0 Å². The van der Waals surface area contributed by atoms with Gasteiger partial charge in [0.2, 0.25) is 5.91 Å². The molecule has 0 saturated heterocycles.